The summed E-state index contributed by atoms with van der Waals surface area (Å²) in [6.07, 6.45) is -0.132. The van der Waals surface area contributed by atoms with Crippen LogP contribution in [-0.2, 0) is 6.42 Å². The normalized spacial score (nSPS) is 11.0. The Bertz CT molecular complexity index is 923. The maximum absolute atomic E-state index is 12.3. The van der Waals surface area contributed by atoms with Crippen LogP contribution in [0.3, 0.4) is 0 Å². The Morgan fingerprint density at radius 3 is 2.55 bits per heavy atom. The lowest BCUT2D eigenvalue weighted by atomic mass is 10.1. The quantitative estimate of drug-likeness (QED) is 0.540. The Labute approximate surface area is 125 Å². The van der Waals surface area contributed by atoms with Crippen LogP contribution >= 0.6 is 0 Å². The number of rotatable bonds is 3. The lowest BCUT2D eigenvalue weighted by molar-refractivity contribution is 0.0991. The zero-order chi connectivity index (χ0) is 15.9. The average Bonchev–Trinajstić information content (AvgIpc) is 2.86. The molecule has 0 unspecified atom stereocenters. The van der Waals surface area contributed by atoms with Crippen molar-refractivity contribution in [1.82, 2.24) is 24.5 Å². The predicted octanol–water partition coefficient (Wildman–Crippen LogP) is 0.0420. The number of nitrogens with two attached hydrogens (primary N) is 1. The van der Waals surface area contributed by atoms with E-state index in [1.807, 2.05) is 19.1 Å². The fourth-order valence-electron chi connectivity index (χ4n) is 2.11. The summed E-state index contributed by atoms with van der Waals surface area (Å²) in [6.45, 7) is 3.62. The first kappa shape index (κ1) is 13.9. The van der Waals surface area contributed by atoms with E-state index in [-0.39, 0.29) is 23.7 Å². The van der Waals surface area contributed by atoms with E-state index < -0.39 is 5.56 Å². The summed E-state index contributed by atoms with van der Waals surface area (Å²) in [5.41, 5.74) is 1.08. The second-order valence-corrected chi connectivity index (χ2v) is 5.05. The number of ketones is 1. The number of carbonyl (C=O) groups is 1. The minimum Gasteiger partial charge on any atom is -0.333 e. The van der Waals surface area contributed by atoms with Gasteiger partial charge in [-0.1, -0.05) is 29.8 Å². The first-order valence-electron chi connectivity index (χ1n) is 6.66. The summed E-state index contributed by atoms with van der Waals surface area (Å²) in [7, 11) is 0. The molecule has 0 aliphatic heterocycles. The summed E-state index contributed by atoms with van der Waals surface area (Å²) < 4.78 is 2.20. The topological polar surface area (TPSA) is 108 Å². The highest BCUT2D eigenvalue weighted by atomic mass is 16.1. The van der Waals surface area contributed by atoms with Crippen molar-refractivity contribution in [1.29, 1.82) is 0 Å². The number of hydrogen-bond acceptors (Lipinski definition) is 6. The van der Waals surface area contributed by atoms with E-state index in [0.717, 1.165) is 10.2 Å². The molecule has 8 nitrogen and oxygen atoms in total. The number of aryl methyl sites for hydroxylation is 2. The Kier molecular flexibility index (Phi) is 3.21. The molecular formula is C14H14N6O2. The molecule has 1 aromatic carbocycles. The number of aromatic nitrogens is 5. The zero-order valence-electron chi connectivity index (χ0n) is 12.1. The van der Waals surface area contributed by atoms with Crippen LogP contribution < -0.4 is 11.4 Å². The van der Waals surface area contributed by atoms with Crippen LogP contribution in [-0.4, -0.2) is 30.3 Å². The molecule has 0 aliphatic rings. The smallest absolute Gasteiger partial charge is 0.295 e. The third-order valence-corrected chi connectivity index (χ3v) is 3.38. The number of Topliss-reactive ketones (excluding diaryl/α,β-unsaturated/α-hetero) is 1. The molecule has 2 N–H and O–H groups in total. The molecule has 0 fully saturated rings. The number of fused-ring (bicyclic) bond motifs is 1. The first-order valence-corrected chi connectivity index (χ1v) is 6.66. The van der Waals surface area contributed by atoms with Gasteiger partial charge in [0.25, 0.3) is 11.3 Å². The lowest BCUT2D eigenvalue weighted by Gasteiger charge is -2.05. The van der Waals surface area contributed by atoms with Crippen molar-refractivity contribution < 1.29 is 4.79 Å². The lowest BCUT2D eigenvalue weighted by Crippen LogP contribution is -2.34. The van der Waals surface area contributed by atoms with Crippen molar-refractivity contribution in [2.75, 3.05) is 5.84 Å². The van der Waals surface area contributed by atoms with E-state index in [2.05, 4.69) is 15.3 Å². The molecule has 0 saturated carbocycles. The number of hydrogen-bond donors (Lipinski definition) is 1. The molecule has 0 radical (unpaired) electrons. The Morgan fingerprint density at radius 2 is 1.86 bits per heavy atom. The highest BCUT2D eigenvalue weighted by Gasteiger charge is 2.16. The third kappa shape index (κ3) is 2.24. The van der Waals surface area contributed by atoms with Gasteiger partial charge < -0.3 is 5.84 Å². The molecule has 0 aliphatic carbocycles. The first-order chi connectivity index (χ1) is 10.5. The number of benzene rings is 1. The maximum Gasteiger partial charge on any atom is 0.295 e. The van der Waals surface area contributed by atoms with E-state index in [9.17, 15) is 9.59 Å². The number of nitrogen functional groups attached to an aromatic ring is 1. The highest BCUT2D eigenvalue weighted by molar-refractivity contribution is 5.97. The van der Waals surface area contributed by atoms with Gasteiger partial charge in [-0.25, -0.2) is 0 Å². The second kappa shape index (κ2) is 5.06. The fourth-order valence-corrected chi connectivity index (χ4v) is 2.11. The van der Waals surface area contributed by atoms with Gasteiger partial charge >= 0.3 is 0 Å². The van der Waals surface area contributed by atoms with Gasteiger partial charge in [-0.3, -0.25) is 9.59 Å². The SMILES string of the molecule is Cc1ccc(C(=O)Cc2nn3c(C)nnc3n(N)c2=O)cc1. The van der Waals surface area contributed by atoms with E-state index >= 15 is 0 Å². The van der Waals surface area contributed by atoms with Crippen molar-refractivity contribution in [2.24, 2.45) is 0 Å². The minimum absolute atomic E-state index is 0.0588. The summed E-state index contributed by atoms with van der Waals surface area (Å²) in [4.78, 5) is 24.4. The van der Waals surface area contributed by atoms with Gasteiger partial charge in [-0.05, 0) is 13.8 Å². The van der Waals surface area contributed by atoms with Gasteiger partial charge in [-0.2, -0.15) is 14.3 Å². The Balaban J connectivity index is 2.01. The highest BCUT2D eigenvalue weighted by Crippen LogP contribution is 2.07. The molecule has 0 bridgehead atoms. The molecule has 8 heteroatoms. The van der Waals surface area contributed by atoms with Crippen molar-refractivity contribution in [3.63, 3.8) is 0 Å². The second-order valence-electron chi connectivity index (χ2n) is 5.05. The molecular weight excluding hydrogens is 284 g/mol. The molecule has 22 heavy (non-hydrogen) atoms. The van der Waals surface area contributed by atoms with Crippen LogP contribution in [0.15, 0.2) is 29.1 Å². The van der Waals surface area contributed by atoms with Gasteiger partial charge in [-0.15, -0.1) is 10.2 Å². The van der Waals surface area contributed by atoms with E-state index in [1.54, 1.807) is 19.1 Å². The molecule has 0 saturated heterocycles. The molecule has 2 heterocycles. The van der Waals surface area contributed by atoms with Crippen LogP contribution in [0.2, 0.25) is 0 Å². The van der Waals surface area contributed by atoms with Crippen molar-refractivity contribution in [2.45, 2.75) is 20.3 Å². The summed E-state index contributed by atoms with van der Waals surface area (Å²) in [5, 5.41) is 11.7. The van der Waals surface area contributed by atoms with Gasteiger partial charge in [0.1, 0.15) is 5.69 Å². The summed E-state index contributed by atoms with van der Waals surface area (Å²) >= 11 is 0. The van der Waals surface area contributed by atoms with Crippen LogP contribution in [0.5, 0.6) is 0 Å². The standard InChI is InChI=1S/C14H14N6O2/c1-8-3-5-10(6-4-8)12(21)7-11-13(22)19(15)14-17-16-9(2)20(14)18-11/h3-6H,7,15H2,1-2H3. The average molecular weight is 298 g/mol. The van der Waals surface area contributed by atoms with Crippen molar-refractivity contribution in [3.05, 3.63) is 57.3 Å². The van der Waals surface area contributed by atoms with Crippen molar-refractivity contribution >= 4 is 11.6 Å². The largest absolute Gasteiger partial charge is 0.333 e. The molecule has 3 rings (SSSR count). The van der Waals surface area contributed by atoms with Gasteiger partial charge in [0.2, 0.25) is 0 Å². The summed E-state index contributed by atoms with van der Waals surface area (Å²) in [6, 6.07) is 7.13. The molecule has 0 amide bonds. The van der Waals surface area contributed by atoms with Gasteiger partial charge in [0.05, 0.1) is 6.42 Å². The Morgan fingerprint density at radius 1 is 1.18 bits per heavy atom. The third-order valence-electron chi connectivity index (χ3n) is 3.38. The number of carbonyl (C=O) groups excluding carboxylic acids is 1. The predicted molar refractivity (Wildman–Crippen MR) is 79.1 cm³/mol. The van der Waals surface area contributed by atoms with Crippen molar-refractivity contribution in [3.8, 4) is 0 Å². The van der Waals surface area contributed by atoms with Crippen LogP contribution in [0, 0.1) is 13.8 Å². The molecule has 0 spiro atoms. The zero-order valence-corrected chi connectivity index (χ0v) is 12.1. The fraction of sp³-hybridized carbons (Fsp3) is 0.214. The molecule has 112 valence electrons. The summed E-state index contributed by atoms with van der Waals surface area (Å²) in [5.74, 6) is 6.11. The Hall–Kier alpha value is -3.03. The minimum atomic E-state index is -0.555. The van der Waals surface area contributed by atoms with Gasteiger partial charge in [0, 0.05) is 5.56 Å². The number of nitrogens with zero attached hydrogens (tertiary/aromatic N) is 5. The van der Waals surface area contributed by atoms with Crippen LogP contribution in [0.25, 0.3) is 5.78 Å². The van der Waals surface area contributed by atoms with Gasteiger partial charge in [0.15, 0.2) is 11.6 Å². The van der Waals surface area contributed by atoms with E-state index in [1.165, 1.54) is 4.52 Å². The van der Waals surface area contributed by atoms with Crippen LogP contribution in [0.4, 0.5) is 0 Å². The molecule has 0 atom stereocenters. The molecule has 2 aromatic heterocycles. The van der Waals surface area contributed by atoms with E-state index in [4.69, 9.17) is 5.84 Å². The van der Waals surface area contributed by atoms with E-state index in [0.29, 0.717) is 11.4 Å². The van der Waals surface area contributed by atoms with Crippen LogP contribution in [0.1, 0.15) is 27.4 Å². The maximum atomic E-state index is 12.3. The molecule has 3 aromatic rings. The monoisotopic (exact) mass is 298 g/mol.